The predicted octanol–water partition coefficient (Wildman–Crippen LogP) is 9.20. The lowest BCUT2D eigenvalue weighted by Gasteiger charge is -2.03. The van der Waals surface area contributed by atoms with Crippen LogP contribution in [0.3, 0.4) is 0 Å². The number of imidazole rings is 2. The minimum absolute atomic E-state index is 0.346. The first kappa shape index (κ1) is 26.9. The lowest BCUT2D eigenvalue weighted by atomic mass is 10.1. The van der Waals surface area contributed by atoms with E-state index in [9.17, 15) is 17.6 Å². The van der Waals surface area contributed by atoms with Crippen molar-refractivity contribution in [2.45, 2.75) is 10.3 Å². The van der Waals surface area contributed by atoms with Crippen LogP contribution in [0, 0.1) is 23.3 Å². The summed E-state index contributed by atoms with van der Waals surface area (Å²) in [7, 11) is 0. The highest BCUT2D eigenvalue weighted by Gasteiger charge is 2.17. The molecule has 41 heavy (non-hydrogen) atoms. The van der Waals surface area contributed by atoms with Crippen LogP contribution in [0.15, 0.2) is 107 Å². The number of benzene rings is 4. The lowest BCUT2D eigenvalue weighted by Crippen LogP contribution is -1.85. The Balaban J connectivity index is 1.26. The topological polar surface area (TPSA) is 57.4 Å². The third-order valence-corrected chi connectivity index (χ3v) is 8.13. The highest BCUT2D eigenvalue weighted by Crippen LogP contribution is 2.37. The summed E-state index contributed by atoms with van der Waals surface area (Å²) in [4.78, 5) is 16.1. The van der Waals surface area contributed by atoms with E-state index < -0.39 is 0 Å². The van der Waals surface area contributed by atoms with Crippen molar-refractivity contribution in [1.82, 2.24) is 19.9 Å². The second-order valence-corrected chi connectivity index (χ2v) is 11.3. The van der Waals surface area contributed by atoms with Crippen LogP contribution in [0.25, 0.3) is 45.0 Å². The molecule has 0 unspecified atom stereocenters. The molecule has 0 radical (unpaired) electrons. The molecule has 0 aliphatic heterocycles. The molecule has 0 bridgehead atoms. The molecule has 0 spiro atoms. The first-order valence-corrected chi connectivity index (χ1v) is 14.4. The molecule has 0 atom stereocenters. The van der Waals surface area contributed by atoms with Gasteiger partial charge >= 0.3 is 0 Å². The number of hydrogen-bond donors (Lipinski definition) is 2. The van der Waals surface area contributed by atoms with Crippen molar-refractivity contribution in [1.29, 1.82) is 0 Å². The summed E-state index contributed by atoms with van der Waals surface area (Å²) >= 11 is 2.89. The van der Waals surface area contributed by atoms with Gasteiger partial charge in [-0.3, -0.25) is 0 Å². The van der Waals surface area contributed by atoms with Crippen LogP contribution in [0.2, 0.25) is 0 Å². The average Bonchev–Trinajstić information content (AvgIpc) is 3.60. The van der Waals surface area contributed by atoms with Crippen LogP contribution in [0.1, 0.15) is 0 Å². The molecule has 0 aliphatic carbocycles. The third kappa shape index (κ3) is 6.08. The van der Waals surface area contributed by atoms with Crippen molar-refractivity contribution in [2.24, 2.45) is 0 Å². The molecule has 4 aromatic carbocycles. The van der Waals surface area contributed by atoms with E-state index in [1.165, 1.54) is 72.1 Å². The fraction of sp³-hybridized carbons (Fsp3) is 0.0323. The number of thioether (sulfide) groups is 2. The first-order chi connectivity index (χ1) is 19.9. The fourth-order valence-corrected chi connectivity index (χ4v) is 6.05. The molecular formula is C31H20F4N4S2. The SMILES string of the molecule is Fc1ccc(-c2nc(SCSc3nc(-c4ccc(F)cc4)c(-c4ccc(F)cc4)[nH]3)[nH]c2-c2ccc(F)cc2)cc1. The Morgan fingerprint density at radius 1 is 0.439 bits per heavy atom. The Hall–Kier alpha value is -4.28. The largest absolute Gasteiger partial charge is 0.332 e. The van der Waals surface area contributed by atoms with Gasteiger partial charge in [0.05, 0.1) is 27.9 Å². The highest BCUT2D eigenvalue weighted by atomic mass is 32.2. The summed E-state index contributed by atoms with van der Waals surface area (Å²) in [5.74, 6) is -1.39. The monoisotopic (exact) mass is 588 g/mol. The summed E-state index contributed by atoms with van der Waals surface area (Å²) in [6, 6.07) is 24.2. The molecule has 2 N–H and O–H groups in total. The maximum atomic E-state index is 13.6. The lowest BCUT2D eigenvalue weighted by molar-refractivity contribution is 0.627. The number of aromatic amines is 2. The molecule has 2 aromatic heterocycles. The fourth-order valence-electron chi connectivity index (χ4n) is 4.27. The smallest absolute Gasteiger partial charge is 0.167 e. The van der Waals surface area contributed by atoms with Gasteiger partial charge in [-0.2, -0.15) is 0 Å². The quantitative estimate of drug-likeness (QED) is 0.106. The van der Waals surface area contributed by atoms with E-state index in [4.69, 9.17) is 9.97 Å². The van der Waals surface area contributed by atoms with Gasteiger partial charge < -0.3 is 9.97 Å². The van der Waals surface area contributed by atoms with Gasteiger partial charge in [-0.25, -0.2) is 27.5 Å². The number of nitrogens with zero attached hydrogens (tertiary/aromatic N) is 2. The first-order valence-electron chi connectivity index (χ1n) is 12.4. The van der Waals surface area contributed by atoms with Gasteiger partial charge in [0.2, 0.25) is 0 Å². The number of aromatic nitrogens is 4. The third-order valence-electron chi connectivity index (χ3n) is 6.26. The standard InChI is InChI=1S/C31H20F4N4S2/c32-22-9-1-18(2-10-22)26-27(19-3-11-23(33)12-4-19)37-30(36-26)40-17-41-31-38-28(20-5-13-24(34)14-6-20)29(39-31)21-7-15-25(35)16-8-21/h1-16H,17H2,(H,36,37)(H,38,39). The van der Waals surface area contributed by atoms with E-state index in [1.807, 2.05) is 0 Å². The molecule has 0 fully saturated rings. The normalized spacial score (nSPS) is 11.2. The number of H-pyrrole nitrogens is 2. The van der Waals surface area contributed by atoms with Crippen molar-refractivity contribution in [3.05, 3.63) is 120 Å². The number of halogens is 4. The van der Waals surface area contributed by atoms with Crippen LogP contribution in [-0.4, -0.2) is 25.0 Å². The van der Waals surface area contributed by atoms with Crippen LogP contribution in [-0.2, 0) is 0 Å². The Labute approximate surface area is 241 Å². The zero-order valence-electron chi connectivity index (χ0n) is 21.2. The van der Waals surface area contributed by atoms with E-state index in [0.29, 0.717) is 38.2 Å². The van der Waals surface area contributed by atoms with E-state index in [0.717, 1.165) is 22.3 Å². The zero-order chi connectivity index (χ0) is 28.3. The molecular weight excluding hydrogens is 568 g/mol. The van der Waals surface area contributed by atoms with Gasteiger partial charge in [0, 0.05) is 22.3 Å². The van der Waals surface area contributed by atoms with Crippen molar-refractivity contribution in [3.63, 3.8) is 0 Å². The van der Waals surface area contributed by atoms with Crippen molar-refractivity contribution in [3.8, 4) is 45.0 Å². The Bertz CT molecular complexity index is 1520. The van der Waals surface area contributed by atoms with Gasteiger partial charge in [-0.15, -0.1) is 0 Å². The minimum atomic E-state index is -0.350. The van der Waals surface area contributed by atoms with E-state index >= 15 is 0 Å². The van der Waals surface area contributed by atoms with Crippen molar-refractivity contribution >= 4 is 23.5 Å². The molecule has 4 nitrogen and oxygen atoms in total. The average molecular weight is 589 g/mol. The molecule has 0 aliphatic rings. The molecule has 0 amide bonds. The van der Waals surface area contributed by atoms with Crippen molar-refractivity contribution in [2.75, 3.05) is 5.08 Å². The molecule has 0 saturated heterocycles. The zero-order valence-corrected chi connectivity index (χ0v) is 22.8. The second-order valence-electron chi connectivity index (χ2n) is 8.97. The summed E-state index contributed by atoms with van der Waals surface area (Å²) in [6.45, 7) is 0. The maximum Gasteiger partial charge on any atom is 0.167 e. The molecule has 6 aromatic rings. The van der Waals surface area contributed by atoms with Gasteiger partial charge in [-0.1, -0.05) is 23.5 Å². The minimum Gasteiger partial charge on any atom is -0.332 e. The molecule has 2 heterocycles. The molecule has 10 heteroatoms. The number of hydrogen-bond acceptors (Lipinski definition) is 4. The molecule has 0 saturated carbocycles. The van der Waals surface area contributed by atoms with Crippen molar-refractivity contribution < 1.29 is 17.6 Å². The Morgan fingerprint density at radius 2 is 0.732 bits per heavy atom. The Kier molecular flexibility index (Phi) is 7.67. The maximum absolute atomic E-state index is 13.6. The number of rotatable bonds is 8. The van der Waals surface area contributed by atoms with E-state index in [-0.39, 0.29) is 23.3 Å². The molecule has 6 rings (SSSR count). The second kappa shape index (κ2) is 11.7. The van der Waals surface area contributed by atoms with E-state index in [1.54, 1.807) is 48.5 Å². The van der Waals surface area contributed by atoms with Crippen LogP contribution >= 0.6 is 23.5 Å². The summed E-state index contributed by atoms with van der Waals surface area (Å²) < 4.78 is 54.3. The summed E-state index contributed by atoms with van der Waals surface area (Å²) in [6.07, 6.45) is 0. The van der Waals surface area contributed by atoms with Gasteiger partial charge in [0.25, 0.3) is 0 Å². The van der Waals surface area contributed by atoms with Gasteiger partial charge in [0.15, 0.2) is 10.3 Å². The van der Waals surface area contributed by atoms with Gasteiger partial charge in [-0.05, 0) is 97.1 Å². The van der Waals surface area contributed by atoms with Crippen LogP contribution in [0.5, 0.6) is 0 Å². The van der Waals surface area contributed by atoms with Crippen LogP contribution < -0.4 is 0 Å². The Morgan fingerprint density at radius 3 is 1.05 bits per heavy atom. The van der Waals surface area contributed by atoms with Gasteiger partial charge in [0.1, 0.15) is 23.3 Å². The highest BCUT2D eigenvalue weighted by molar-refractivity contribution is 8.15. The molecule has 204 valence electrons. The summed E-state index contributed by atoms with van der Waals surface area (Å²) in [5, 5.41) is 1.78. The summed E-state index contributed by atoms with van der Waals surface area (Å²) in [5.41, 5.74) is 5.58. The van der Waals surface area contributed by atoms with Crippen LogP contribution in [0.4, 0.5) is 17.6 Å². The van der Waals surface area contributed by atoms with E-state index in [2.05, 4.69) is 9.97 Å². The number of nitrogens with one attached hydrogen (secondary N) is 2. The predicted molar refractivity (Wildman–Crippen MR) is 155 cm³/mol.